The van der Waals surface area contributed by atoms with Crippen molar-refractivity contribution in [2.75, 3.05) is 0 Å². The summed E-state index contributed by atoms with van der Waals surface area (Å²) in [5.41, 5.74) is -1.23. The topological polar surface area (TPSA) is 43.4 Å². The second kappa shape index (κ2) is 6.52. The van der Waals surface area contributed by atoms with Crippen molar-refractivity contribution in [3.8, 4) is 0 Å². The zero-order valence-electron chi connectivity index (χ0n) is 12.5. The van der Waals surface area contributed by atoms with E-state index in [4.69, 9.17) is 4.74 Å². The Labute approximate surface area is 128 Å². The molecule has 0 aromatic heterocycles. The molecule has 2 aromatic carbocycles. The van der Waals surface area contributed by atoms with Gasteiger partial charge in [-0.05, 0) is 25.0 Å². The second-order valence-corrected chi connectivity index (χ2v) is 5.17. The Balaban J connectivity index is 2.35. The normalized spacial score (nSPS) is 13.5. The predicted molar refractivity (Wildman–Crippen MR) is 81.0 cm³/mol. The lowest BCUT2D eigenvalue weighted by atomic mass is 10.0. The van der Waals surface area contributed by atoms with Crippen molar-refractivity contribution in [3.05, 3.63) is 71.8 Å². The molecular formula is C18H17FO3. The molecule has 0 amide bonds. The number of esters is 1. The molecule has 4 heteroatoms. The molecule has 0 saturated carbocycles. The molecule has 0 saturated heterocycles. The number of Topliss-reactive ketones (excluding diaryl/α,β-unsaturated/α-hetero) is 1. The molecule has 2 aromatic rings. The molecule has 0 N–H and O–H groups in total. The first-order valence-corrected chi connectivity index (χ1v) is 6.94. The van der Waals surface area contributed by atoms with Crippen molar-refractivity contribution in [2.24, 2.45) is 0 Å². The van der Waals surface area contributed by atoms with Gasteiger partial charge in [0.1, 0.15) is 0 Å². The number of ether oxygens (including phenoxy) is 1. The van der Waals surface area contributed by atoms with E-state index < -0.39 is 23.5 Å². The van der Waals surface area contributed by atoms with Crippen LogP contribution in [0.2, 0.25) is 0 Å². The maximum atomic E-state index is 14.2. The number of carbonyl (C=O) groups excluding carboxylic acids is 2. The summed E-state index contributed by atoms with van der Waals surface area (Å²) >= 11 is 0. The van der Waals surface area contributed by atoms with E-state index >= 15 is 0 Å². The predicted octanol–water partition coefficient (Wildman–Crippen LogP) is 3.64. The Morgan fingerprint density at radius 3 is 1.73 bits per heavy atom. The highest BCUT2D eigenvalue weighted by atomic mass is 19.1. The Bertz CT molecular complexity index is 611. The minimum atomic E-state index is -2.65. The van der Waals surface area contributed by atoms with E-state index in [1.54, 1.807) is 48.5 Å². The molecule has 0 aliphatic rings. The molecule has 0 bridgehead atoms. The smallest absolute Gasteiger partial charge is 0.352 e. The van der Waals surface area contributed by atoms with Crippen molar-refractivity contribution in [1.82, 2.24) is 0 Å². The fourth-order valence-electron chi connectivity index (χ4n) is 1.95. The number of alkyl halides is 1. The zero-order valence-corrected chi connectivity index (χ0v) is 12.5. The summed E-state index contributed by atoms with van der Waals surface area (Å²) < 4.78 is 19.5. The Morgan fingerprint density at radius 1 is 0.955 bits per heavy atom. The lowest BCUT2D eigenvalue weighted by Crippen LogP contribution is -2.39. The summed E-state index contributed by atoms with van der Waals surface area (Å²) in [5, 5.41) is 0. The summed E-state index contributed by atoms with van der Waals surface area (Å²) in [6.45, 7) is 1.95. The highest BCUT2D eigenvalue weighted by Crippen LogP contribution is 2.28. The molecule has 2 rings (SSSR count). The van der Waals surface area contributed by atoms with E-state index in [9.17, 15) is 14.0 Å². The largest absolute Gasteiger partial charge is 0.450 e. The average Bonchev–Trinajstić information content (AvgIpc) is 2.53. The van der Waals surface area contributed by atoms with E-state index in [1.165, 1.54) is 0 Å². The van der Waals surface area contributed by atoms with Crippen molar-refractivity contribution < 1.29 is 18.7 Å². The highest BCUT2D eigenvalue weighted by Gasteiger charge is 2.41. The van der Waals surface area contributed by atoms with E-state index in [-0.39, 0.29) is 0 Å². The van der Waals surface area contributed by atoms with Gasteiger partial charge in [0.2, 0.25) is 0 Å². The van der Waals surface area contributed by atoms with Crippen LogP contribution in [0.25, 0.3) is 0 Å². The van der Waals surface area contributed by atoms with Crippen molar-refractivity contribution >= 4 is 11.8 Å². The van der Waals surface area contributed by atoms with Crippen LogP contribution in [-0.2, 0) is 14.3 Å². The monoisotopic (exact) mass is 300 g/mol. The van der Waals surface area contributed by atoms with Gasteiger partial charge in [-0.3, -0.25) is 4.79 Å². The van der Waals surface area contributed by atoms with Crippen LogP contribution in [0.3, 0.4) is 0 Å². The van der Waals surface area contributed by atoms with E-state index in [0.717, 1.165) is 13.8 Å². The van der Waals surface area contributed by atoms with Gasteiger partial charge in [0.25, 0.3) is 5.67 Å². The molecule has 0 radical (unpaired) electrons. The van der Waals surface area contributed by atoms with Crippen LogP contribution >= 0.6 is 0 Å². The summed E-state index contributed by atoms with van der Waals surface area (Å²) in [4.78, 5) is 23.3. The SMILES string of the molecule is CC(=O)[C@@](C)(F)C(=O)OC(c1ccccc1)c1ccccc1. The second-order valence-electron chi connectivity index (χ2n) is 5.17. The molecular weight excluding hydrogens is 283 g/mol. The third-order valence-electron chi connectivity index (χ3n) is 3.47. The van der Waals surface area contributed by atoms with Gasteiger partial charge in [-0.25, -0.2) is 9.18 Å². The fraction of sp³-hybridized carbons (Fsp3) is 0.222. The van der Waals surface area contributed by atoms with Crippen LogP contribution in [0, 0.1) is 0 Å². The van der Waals surface area contributed by atoms with E-state index in [0.29, 0.717) is 11.1 Å². The minimum absolute atomic E-state index is 0.710. The van der Waals surface area contributed by atoms with Gasteiger partial charge in [0, 0.05) is 0 Å². The zero-order chi connectivity index (χ0) is 16.2. The van der Waals surface area contributed by atoms with Crippen molar-refractivity contribution in [1.29, 1.82) is 0 Å². The van der Waals surface area contributed by atoms with Crippen molar-refractivity contribution in [2.45, 2.75) is 25.6 Å². The third-order valence-corrected chi connectivity index (χ3v) is 3.47. The van der Waals surface area contributed by atoms with Crippen LogP contribution in [-0.4, -0.2) is 17.4 Å². The number of hydrogen-bond donors (Lipinski definition) is 0. The van der Waals surface area contributed by atoms with Gasteiger partial charge in [0.15, 0.2) is 11.9 Å². The van der Waals surface area contributed by atoms with Crippen LogP contribution in [0.4, 0.5) is 4.39 Å². The molecule has 22 heavy (non-hydrogen) atoms. The Hall–Kier alpha value is -2.49. The number of rotatable bonds is 5. The quantitative estimate of drug-likeness (QED) is 0.625. The average molecular weight is 300 g/mol. The van der Waals surface area contributed by atoms with Gasteiger partial charge >= 0.3 is 5.97 Å². The fourth-order valence-corrected chi connectivity index (χ4v) is 1.95. The molecule has 0 aliphatic heterocycles. The Kier molecular flexibility index (Phi) is 4.71. The van der Waals surface area contributed by atoms with Gasteiger partial charge in [-0.1, -0.05) is 60.7 Å². The molecule has 114 valence electrons. The van der Waals surface area contributed by atoms with Gasteiger partial charge in [0.05, 0.1) is 0 Å². The standard InChI is InChI=1S/C18H17FO3/c1-13(20)18(2,19)17(21)22-16(14-9-5-3-6-10-14)15-11-7-4-8-12-15/h3-12,16H,1-2H3/t18-/m1/s1. The van der Waals surface area contributed by atoms with Gasteiger partial charge in [-0.2, -0.15) is 0 Å². The third kappa shape index (κ3) is 3.39. The molecule has 0 spiro atoms. The van der Waals surface area contributed by atoms with Crippen LogP contribution in [0.5, 0.6) is 0 Å². The molecule has 1 atom stereocenters. The summed E-state index contributed by atoms with van der Waals surface area (Å²) in [7, 11) is 0. The molecule has 0 aliphatic carbocycles. The minimum Gasteiger partial charge on any atom is -0.450 e. The number of halogens is 1. The van der Waals surface area contributed by atoms with E-state index in [2.05, 4.69) is 0 Å². The molecule has 3 nitrogen and oxygen atoms in total. The molecule has 0 fully saturated rings. The maximum absolute atomic E-state index is 14.2. The lowest BCUT2D eigenvalue weighted by Gasteiger charge is -2.23. The first-order chi connectivity index (χ1) is 10.4. The Morgan fingerprint density at radius 2 is 1.36 bits per heavy atom. The van der Waals surface area contributed by atoms with Crippen molar-refractivity contribution in [3.63, 3.8) is 0 Å². The number of ketones is 1. The summed E-state index contributed by atoms with van der Waals surface area (Å²) in [5.74, 6) is -2.06. The lowest BCUT2D eigenvalue weighted by molar-refractivity contribution is -0.164. The van der Waals surface area contributed by atoms with Gasteiger partial charge < -0.3 is 4.74 Å². The summed E-state index contributed by atoms with van der Waals surface area (Å²) in [6.07, 6.45) is -0.760. The number of benzene rings is 2. The number of carbonyl (C=O) groups is 2. The van der Waals surface area contributed by atoms with Gasteiger partial charge in [-0.15, -0.1) is 0 Å². The maximum Gasteiger partial charge on any atom is 0.352 e. The molecule has 0 heterocycles. The van der Waals surface area contributed by atoms with Crippen LogP contribution in [0.1, 0.15) is 31.1 Å². The van der Waals surface area contributed by atoms with Crippen LogP contribution < -0.4 is 0 Å². The number of hydrogen-bond acceptors (Lipinski definition) is 3. The first kappa shape index (κ1) is 15.9. The molecule has 0 unspecified atom stereocenters. The first-order valence-electron chi connectivity index (χ1n) is 6.94. The van der Waals surface area contributed by atoms with Crippen LogP contribution in [0.15, 0.2) is 60.7 Å². The summed E-state index contributed by atoms with van der Waals surface area (Å²) in [6, 6.07) is 18.0. The van der Waals surface area contributed by atoms with E-state index in [1.807, 2.05) is 12.1 Å². The highest BCUT2D eigenvalue weighted by molar-refractivity contribution is 6.05.